The minimum Gasteiger partial charge on any atom is -0.492 e. The van der Waals surface area contributed by atoms with Crippen molar-refractivity contribution in [3.8, 4) is 22.7 Å². The van der Waals surface area contributed by atoms with Gasteiger partial charge in [0.1, 0.15) is 11.0 Å². The number of hydrogen-bond acceptors (Lipinski definition) is 6. The van der Waals surface area contributed by atoms with Crippen molar-refractivity contribution in [2.24, 2.45) is 0 Å². The fraction of sp³-hybridized carbons (Fsp3) is 0.310. The summed E-state index contributed by atoms with van der Waals surface area (Å²) >= 11 is 6.27. The number of nitrogens with zero attached hydrogens (tertiary/aromatic N) is 6. The molecule has 0 unspecified atom stereocenters. The highest BCUT2D eigenvalue weighted by Crippen LogP contribution is 2.42. The molecule has 218 valence electrons. The first-order valence-electron chi connectivity index (χ1n) is 13.4. The van der Waals surface area contributed by atoms with Crippen LogP contribution in [0.1, 0.15) is 41.8 Å². The third-order valence-electron chi connectivity index (χ3n) is 7.56. The van der Waals surface area contributed by atoms with E-state index in [1.54, 1.807) is 4.90 Å². The molecule has 5 aromatic rings. The van der Waals surface area contributed by atoms with Crippen LogP contribution in [-0.4, -0.2) is 43.4 Å². The van der Waals surface area contributed by atoms with E-state index in [0.29, 0.717) is 35.3 Å². The summed E-state index contributed by atoms with van der Waals surface area (Å²) in [7, 11) is 1.37. The van der Waals surface area contributed by atoms with E-state index in [9.17, 15) is 13.2 Å². The van der Waals surface area contributed by atoms with E-state index in [4.69, 9.17) is 21.4 Å². The van der Waals surface area contributed by atoms with Crippen molar-refractivity contribution in [2.75, 3.05) is 18.6 Å². The SMILES string of the molecule is CCc1cccc(CC)c1-n1nc2c(c1-c1cc(F)c(OC)c3[nH]c(Cl)nc13)CN(c1ncc(C(F)(F)F)cn1)CC2. The van der Waals surface area contributed by atoms with Gasteiger partial charge in [-0.3, -0.25) is 0 Å². The Hall–Kier alpha value is -4.19. The van der Waals surface area contributed by atoms with Crippen LogP contribution >= 0.6 is 11.6 Å². The van der Waals surface area contributed by atoms with Gasteiger partial charge in [-0.1, -0.05) is 32.0 Å². The smallest absolute Gasteiger partial charge is 0.419 e. The molecule has 0 spiro atoms. The molecule has 2 aromatic carbocycles. The van der Waals surface area contributed by atoms with Crippen molar-refractivity contribution in [1.82, 2.24) is 29.7 Å². The number of aryl methyl sites for hydroxylation is 2. The van der Waals surface area contributed by atoms with E-state index in [0.717, 1.165) is 53.3 Å². The highest BCUT2D eigenvalue weighted by Gasteiger charge is 2.33. The number of imidazole rings is 1. The Balaban J connectivity index is 1.59. The molecule has 0 atom stereocenters. The predicted molar refractivity (Wildman–Crippen MR) is 151 cm³/mol. The molecule has 8 nitrogen and oxygen atoms in total. The zero-order valence-corrected chi connectivity index (χ0v) is 23.7. The maximum Gasteiger partial charge on any atom is 0.419 e. The highest BCUT2D eigenvalue weighted by molar-refractivity contribution is 6.29. The number of anilines is 1. The average molecular weight is 600 g/mol. The molecule has 6 rings (SSSR count). The third-order valence-corrected chi connectivity index (χ3v) is 7.74. The highest BCUT2D eigenvalue weighted by atomic mass is 35.5. The average Bonchev–Trinajstić information content (AvgIpc) is 3.55. The van der Waals surface area contributed by atoms with Gasteiger partial charge in [0, 0.05) is 43.0 Å². The van der Waals surface area contributed by atoms with E-state index in [2.05, 4.69) is 33.8 Å². The second-order valence-electron chi connectivity index (χ2n) is 9.95. The van der Waals surface area contributed by atoms with Gasteiger partial charge >= 0.3 is 6.18 Å². The summed E-state index contributed by atoms with van der Waals surface area (Å²) in [5.41, 5.74) is 5.40. The van der Waals surface area contributed by atoms with Crippen LogP contribution in [0.3, 0.4) is 0 Å². The Morgan fingerprint density at radius 1 is 1.10 bits per heavy atom. The van der Waals surface area contributed by atoms with Crippen molar-refractivity contribution in [1.29, 1.82) is 0 Å². The number of alkyl halides is 3. The van der Waals surface area contributed by atoms with Crippen molar-refractivity contribution in [2.45, 2.75) is 45.8 Å². The van der Waals surface area contributed by atoms with Crippen molar-refractivity contribution >= 4 is 28.6 Å². The minimum atomic E-state index is -4.54. The summed E-state index contributed by atoms with van der Waals surface area (Å²) in [6.07, 6.45) is -1.04. The lowest BCUT2D eigenvalue weighted by molar-refractivity contribution is -0.138. The first-order valence-corrected chi connectivity index (χ1v) is 13.8. The fourth-order valence-electron chi connectivity index (χ4n) is 5.56. The molecule has 4 heterocycles. The predicted octanol–water partition coefficient (Wildman–Crippen LogP) is 6.71. The number of aromatic amines is 1. The van der Waals surface area contributed by atoms with E-state index >= 15 is 4.39 Å². The van der Waals surface area contributed by atoms with Crippen LogP contribution in [0, 0.1) is 5.82 Å². The Morgan fingerprint density at radius 3 is 2.40 bits per heavy atom. The van der Waals surface area contributed by atoms with Gasteiger partial charge in [-0.2, -0.15) is 18.3 Å². The van der Waals surface area contributed by atoms with Crippen LogP contribution in [0.4, 0.5) is 23.5 Å². The number of methoxy groups -OCH3 is 1. The molecule has 42 heavy (non-hydrogen) atoms. The van der Waals surface area contributed by atoms with Gasteiger partial charge in [-0.25, -0.2) is 24.0 Å². The van der Waals surface area contributed by atoms with Gasteiger partial charge in [0.2, 0.25) is 11.2 Å². The lowest BCUT2D eigenvalue weighted by Gasteiger charge is -2.27. The van der Waals surface area contributed by atoms with E-state index in [-0.39, 0.29) is 23.5 Å². The molecule has 0 saturated heterocycles. The summed E-state index contributed by atoms with van der Waals surface area (Å²) in [4.78, 5) is 17.2. The van der Waals surface area contributed by atoms with E-state index < -0.39 is 17.6 Å². The fourth-order valence-corrected chi connectivity index (χ4v) is 5.74. The molecule has 1 aliphatic rings. The molecule has 0 bridgehead atoms. The maximum absolute atomic E-state index is 15.5. The minimum absolute atomic E-state index is 0.0175. The monoisotopic (exact) mass is 599 g/mol. The summed E-state index contributed by atoms with van der Waals surface area (Å²) in [6.45, 7) is 4.79. The van der Waals surface area contributed by atoms with Gasteiger partial charge in [-0.15, -0.1) is 0 Å². The van der Waals surface area contributed by atoms with Crippen LogP contribution < -0.4 is 9.64 Å². The normalized spacial score (nSPS) is 13.6. The zero-order chi connectivity index (χ0) is 29.8. The number of rotatable bonds is 6. The summed E-state index contributed by atoms with van der Waals surface area (Å²) in [5, 5.41) is 5.12. The first kappa shape index (κ1) is 28.0. The molecule has 0 fully saturated rings. The van der Waals surface area contributed by atoms with Gasteiger partial charge in [0.15, 0.2) is 11.6 Å². The summed E-state index contributed by atoms with van der Waals surface area (Å²) in [6, 6.07) is 7.44. The molecule has 3 aromatic heterocycles. The number of nitrogens with one attached hydrogen (secondary N) is 1. The second-order valence-corrected chi connectivity index (χ2v) is 10.3. The maximum atomic E-state index is 15.5. The number of hydrogen-bond donors (Lipinski definition) is 1. The van der Waals surface area contributed by atoms with Gasteiger partial charge < -0.3 is 14.6 Å². The Morgan fingerprint density at radius 2 is 1.79 bits per heavy atom. The van der Waals surface area contributed by atoms with Gasteiger partial charge in [-0.05, 0) is 41.6 Å². The Kier molecular flexibility index (Phi) is 7.04. The number of halogens is 5. The van der Waals surface area contributed by atoms with Crippen molar-refractivity contribution in [3.05, 3.63) is 75.7 Å². The van der Waals surface area contributed by atoms with E-state index in [1.165, 1.54) is 13.2 Å². The molecule has 0 saturated carbocycles. The second kappa shape index (κ2) is 10.6. The topological polar surface area (TPSA) is 84.8 Å². The largest absolute Gasteiger partial charge is 0.492 e. The number of aromatic nitrogens is 6. The molecular weight excluding hydrogens is 574 g/mol. The standard InChI is InChI=1S/C29H26ClF4N7O/c1-4-15-7-6-8-16(5-2)24(15)41-25(18-11-20(31)26(42-3)23-22(18)37-27(30)38-23)19-14-40(10-9-21(19)39-41)28-35-12-17(13-36-28)29(32,33)34/h6-8,11-13H,4-5,9-10,14H2,1-3H3,(H,37,38). The van der Waals surface area contributed by atoms with Crippen LogP contribution in [0.2, 0.25) is 5.28 Å². The molecule has 13 heteroatoms. The summed E-state index contributed by atoms with van der Waals surface area (Å²) in [5.74, 6) is -0.472. The van der Waals surface area contributed by atoms with Gasteiger partial charge in [0.25, 0.3) is 0 Å². The quantitative estimate of drug-likeness (QED) is 0.218. The lowest BCUT2D eigenvalue weighted by atomic mass is 9.98. The Bertz CT molecular complexity index is 1770. The van der Waals surface area contributed by atoms with E-state index in [1.807, 2.05) is 22.9 Å². The molecule has 1 N–H and O–H groups in total. The molecule has 0 aliphatic carbocycles. The number of fused-ring (bicyclic) bond motifs is 2. The van der Waals surface area contributed by atoms with Crippen LogP contribution in [0.5, 0.6) is 5.75 Å². The molecule has 0 amide bonds. The number of benzene rings is 2. The molecule has 0 radical (unpaired) electrons. The number of ether oxygens (including phenoxy) is 1. The third kappa shape index (κ3) is 4.63. The zero-order valence-electron chi connectivity index (χ0n) is 23.0. The molecule has 1 aliphatic heterocycles. The summed E-state index contributed by atoms with van der Waals surface area (Å²) < 4.78 is 62.1. The number of H-pyrrole nitrogens is 1. The molecular formula is C29H26ClF4N7O. The van der Waals surface area contributed by atoms with Crippen LogP contribution in [0.15, 0.2) is 36.7 Å². The number of para-hydroxylation sites is 1. The first-order chi connectivity index (χ1) is 20.1. The van der Waals surface area contributed by atoms with Crippen LogP contribution in [0.25, 0.3) is 28.0 Å². The Labute approximate surface area is 243 Å². The van der Waals surface area contributed by atoms with Crippen LogP contribution in [-0.2, 0) is 32.0 Å². The lowest BCUT2D eigenvalue weighted by Crippen LogP contribution is -2.31. The van der Waals surface area contributed by atoms with Gasteiger partial charge in [0.05, 0.1) is 29.7 Å². The van der Waals surface area contributed by atoms with Crippen molar-refractivity contribution < 1.29 is 22.3 Å². The van der Waals surface area contributed by atoms with Crippen molar-refractivity contribution in [3.63, 3.8) is 0 Å².